The quantitative estimate of drug-likeness (QED) is 0.530. The largest absolute Gasteiger partial charge is 0.326 e. The number of fused-ring (bicyclic) bond motifs is 3. The lowest BCUT2D eigenvalue weighted by atomic mass is 9.97. The van der Waals surface area contributed by atoms with Crippen LogP contribution in [-0.4, -0.2) is 47.2 Å². The van der Waals surface area contributed by atoms with Crippen LogP contribution in [0.2, 0.25) is 5.15 Å². The van der Waals surface area contributed by atoms with E-state index in [0.717, 1.165) is 23.4 Å². The number of aromatic nitrogens is 7. The van der Waals surface area contributed by atoms with Crippen LogP contribution in [0.5, 0.6) is 0 Å². The van der Waals surface area contributed by atoms with E-state index >= 15 is 0 Å². The van der Waals surface area contributed by atoms with Crippen molar-refractivity contribution < 1.29 is 4.79 Å². The monoisotopic (exact) mass is 423 g/mol. The molecule has 0 bridgehead atoms. The van der Waals surface area contributed by atoms with Crippen molar-refractivity contribution in [2.24, 2.45) is 0 Å². The van der Waals surface area contributed by atoms with Gasteiger partial charge in [-0.2, -0.15) is 15.3 Å². The molecule has 0 fully saturated rings. The van der Waals surface area contributed by atoms with Gasteiger partial charge in [0.25, 0.3) is 0 Å². The molecule has 10 nitrogen and oxygen atoms in total. The maximum Gasteiger partial charge on any atom is 0.326 e. The van der Waals surface area contributed by atoms with Crippen molar-refractivity contribution in [2.45, 2.75) is 26.2 Å². The number of carbonyl (C=O) groups excluding carboxylic acids is 1. The van der Waals surface area contributed by atoms with Crippen molar-refractivity contribution >= 4 is 34.7 Å². The van der Waals surface area contributed by atoms with Crippen molar-refractivity contribution in [1.29, 1.82) is 0 Å². The van der Waals surface area contributed by atoms with E-state index in [1.54, 1.807) is 40.3 Å². The van der Waals surface area contributed by atoms with E-state index < -0.39 is 0 Å². The molecule has 30 heavy (non-hydrogen) atoms. The van der Waals surface area contributed by atoms with Gasteiger partial charge in [-0.25, -0.2) is 19.3 Å². The molecule has 0 aliphatic carbocycles. The summed E-state index contributed by atoms with van der Waals surface area (Å²) in [7, 11) is 0. The van der Waals surface area contributed by atoms with E-state index in [1.165, 1.54) is 4.80 Å². The van der Waals surface area contributed by atoms with E-state index in [4.69, 9.17) is 11.6 Å². The highest BCUT2D eigenvalue weighted by Gasteiger charge is 2.30. The zero-order valence-electron chi connectivity index (χ0n) is 16.3. The van der Waals surface area contributed by atoms with E-state index in [-0.39, 0.29) is 11.9 Å². The summed E-state index contributed by atoms with van der Waals surface area (Å²) >= 11 is 6.06. The smallest absolute Gasteiger partial charge is 0.306 e. The summed E-state index contributed by atoms with van der Waals surface area (Å²) in [6, 6.07) is 3.29. The maximum atomic E-state index is 13.1. The minimum Gasteiger partial charge on any atom is -0.306 e. The Morgan fingerprint density at radius 3 is 2.77 bits per heavy atom. The summed E-state index contributed by atoms with van der Waals surface area (Å²) in [6.45, 7) is 4.57. The summed E-state index contributed by atoms with van der Waals surface area (Å²) in [5, 5.41) is 15.8. The van der Waals surface area contributed by atoms with Gasteiger partial charge in [-0.3, -0.25) is 4.90 Å². The molecule has 0 unspecified atom stereocenters. The number of aryl methyl sites for hydroxylation is 1. The van der Waals surface area contributed by atoms with Crippen LogP contribution in [0.3, 0.4) is 0 Å². The zero-order chi connectivity index (χ0) is 20.8. The normalized spacial score (nSPS) is 16.0. The Kier molecular flexibility index (Phi) is 4.35. The second-order valence-corrected chi connectivity index (χ2v) is 7.61. The first-order valence-electron chi connectivity index (χ1n) is 9.47. The Labute approximate surface area is 176 Å². The molecule has 0 spiro atoms. The average molecular weight is 424 g/mol. The minimum absolute atomic E-state index is 0.218. The second-order valence-electron chi connectivity index (χ2n) is 7.22. The highest BCUT2D eigenvalue weighted by Crippen LogP contribution is 2.35. The number of halogens is 1. The number of carbonyl (C=O) groups is 1. The van der Waals surface area contributed by atoms with Crippen LogP contribution >= 0.6 is 11.6 Å². The van der Waals surface area contributed by atoms with Crippen LogP contribution in [-0.2, 0) is 0 Å². The van der Waals surface area contributed by atoms with Crippen molar-refractivity contribution in [3.8, 4) is 5.82 Å². The first-order chi connectivity index (χ1) is 14.5. The Bertz CT molecular complexity index is 1250. The predicted molar refractivity (Wildman–Crippen MR) is 111 cm³/mol. The van der Waals surface area contributed by atoms with Crippen molar-refractivity contribution in [1.82, 2.24) is 34.6 Å². The van der Waals surface area contributed by atoms with Gasteiger partial charge in [0.1, 0.15) is 0 Å². The van der Waals surface area contributed by atoms with Gasteiger partial charge in [-0.15, -0.1) is 4.80 Å². The van der Waals surface area contributed by atoms with Crippen LogP contribution < -0.4 is 10.2 Å². The number of amides is 2. The number of hydrogen-bond acceptors (Lipinski definition) is 6. The summed E-state index contributed by atoms with van der Waals surface area (Å²) in [6.07, 6.45) is 7.27. The van der Waals surface area contributed by atoms with Crippen LogP contribution in [0.25, 0.3) is 11.5 Å². The summed E-state index contributed by atoms with van der Waals surface area (Å²) < 4.78 is 1.72. The number of rotatable bonds is 2. The van der Waals surface area contributed by atoms with Crippen LogP contribution in [0.4, 0.5) is 16.2 Å². The third-order valence-electron chi connectivity index (χ3n) is 5.17. The molecule has 1 aliphatic heterocycles. The van der Waals surface area contributed by atoms with Gasteiger partial charge in [0.2, 0.25) is 0 Å². The van der Waals surface area contributed by atoms with Crippen LogP contribution in [0, 0.1) is 6.92 Å². The highest BCUT2D eigenvalue weighted by atomic mass is 35.5. The van der Waals surface area contributed by atoms with Gasteiger partial charge in [0.05, 0.1) is 41.9 Å². The molecule has 4 aromatic heterocycles. The molecule has 1 aliphatic rings. The zero-order valence-corrected chi connectivity index (χ0v) is 17.1. The highest BCUT2D eigenvalue weighted by molar-refractivity contribution is 6.29. The van der Waals surface area contributed by atoms with Gasteiger partial charge in [0, 0.05) is 18.5 Å². The molecule has 0 aromatic carbocycles. The first kappa shape index (κ1) is 18.5. The molecule has 1 N–H and O–H groups in total. The van der Waals surface area contributed by atoms with E-state index in [2.05, 4.69) is 37.5 Å². The summed E-state index contributed by atoms with van der Waals surface area (Å²) in [4.78, 5) is 25.0. The molecule has 2 amide bonds. The molecule has 4 aromatic rings. The molecule has 0 radical (unpaired) electrons. The number of nitrogens with zero attached hydrogens (tertiary/aromatic N) is 8. The first-order valence-corrected chi connectivity index (χ1v) is 9.85. The molecule has 0 saturated carbocycles. The Morgan fingerprint density at radius 1 is 1.20 bits per heavy atom. The molecular weight excluding hydrogens is 406 g/mol. The molecule has 1 atom stereocenters. The molecule has 152 valence electrons. The van der Waals surface area contributed by atoms with Crippen molar-refractivity contribution in [3.63, 3.8) is 0 Å². The lowest BCUT2D eigenvalue weighted by molar-refractivity contribution is 0.256. The van der Waals surface area contributed by atoms with Crippen LogP contribution in [0.1, 0.15) is 30.5 Å². The number of hydrogen-bond donors (Lipinski definition) is 1. The van der Waals surface area contributed by atoms with E-state index in [9.17, 15) is 4.79 Å². The third kappa shape index (κ3) is 3.05. The predicted octanol–water partition coefficient (Wildman–Crippen LogP) is 3.21. The summed E-state index contributed by atoms with van der Waals surface area (Å²) in [5.74, 6) is 0.826. The topological polar surface area (TPSA) is 106 Å². The van der Waals surface area contributed by atoms with Crippen LogP contribution in [0.15, 0.2) is 36.9 Å². The Morgan fingerprint density at radius 2 is 2.00 bits per heavy atom. The SMILES string of the molecule is Cc1cc(NC(=O)N2CC[C@H](C)c3c2cnc2cc(Cl)nn32)cnc1-n1nccn1. The van der Waals surface area contributed by atoms with Gasteiger partial charge in [-0.05, 0) is 25.0 Å². The maximum absolute atomic E-state index is 13.1. The molecule has 5 rings (SSSR count). The lowest BCUT2D eigenvalue weighted by Crippen LogP contribution is -2.40. The number of urea groups is 1. The fourth-order valence-electron chi connectivity index (χ4n) is 3.74. The fraction of sp³-hybridized carbons (Fsp3) is 0.263. The van der Waals surface area contributed by atoms with Gasteiger partial charge in [0.15, 0.2) is 16.6 Å². The molecule has 0 saturated heterocycles. The van der Waals surface area contributed by atoms with Gasteiger partial charge in [-0.1, -0.05) is 18.5 Å². The Hall–Kier alpha value is -3.53. The van der Waals surface area contributed by atoms with Gasteiger partial charge >= 0.3 is 6.03 Å². The van der Waals surface area contributed by atoms with Gasteiger partial charge < -0.3 is 5.32 Å². The van der Waals surface area contributed by atoms with E-state index in [0.29, 0.717) is 28.9 Å². The molecule has 5 heterocycles. The molecular formula is C19H18ClN9O. The van der Waals surface area contributed by atoms with E-state index in [1.807, 2.05) is 13.0 Å². The molecule has 11 heteroatoms. The average Bonchev–Trinajstić information content (AvgIpc) is 3.37. The number of nitrogens with one attached hydrogen (secondary N) is 1. The Balaban J connectivity index is 1.44. The lowest BCUT2D eigenvalue weighted by Gasteiger charge is -2.32. The van der Waals surface area contributed by atoms with Crippen molar-refractivity contribution in [3.05, 3.63) is 53.3 Å². The minimum atomic E-state index is -0.256. The standard InChI is InChI=1S/C19H18ClN9O/c1-11-3-6-27(14-10-21-16-8-15(20)26-28(16)17(11)14)19(30)25-13-7-12(2)18(22-9-13)29-23-4-5-24-29/h4-5,7-11H,3,6H2,1-2H3,(H,25,30)/t11-/m0/s1. The fourth-order valence-corrected chi connectivity index (χ4v) is 3.91. The number of anilines is 2. The third-order valence-corrected chi connectivity index (χ3v) is 5.35. The van der Waals surface area contributed by atoms with Crippen molar-refractivity contribution in [2.75, 3.05) is 16.8 Å². The second kappa shape index (κ2) is 7.06. The summed E-state index contributed by atoms with van der Waals surface area (Å²) in [5.41, 5.74) is 3.73. The number of pyridine rings is 1.